The van der Waals surface area contributed by atoms with Gasteiger partial charge in [-0.2, -0.15) is 0 Å². The molecule has 1 unspecified atom stereocenters. The van der Waals surface area contributed by atoms with Crippen LogP contribution in [0.3, 0.4) is 0 Å². The van der Waals surface area contributed by atoms with Crippen LogP contribution in [0.25, 0.3) is 10.9 Å². The van der Waals surface area contributed by atoms with E-state index in [0.29, 0.717) is 5.69 Å². The fourth-order valence-electron chi connectivity index (χ4n) is 3.27. The molecule has 0 saturated carbocycles. The van der Waals surface area contributed by atoms with Gasteiger partial charge in [0.25, 0.3) is 0 Å². The van der Waals surface area contributed by atoms with Gasteiger partial charge in [-0.3, -0.25) is 4.79 Å². The molecule has 1 aliphatic heterocycles. The van der Waals surface area contributed by atoms with Crippen LogP contribution in [0.5, 0.6) is 0 Å². The third-order valence-corrected chi connectivity index (χ3v) is 4.46. The lowest BCUT2D eigenvalue weighted by Gasteiger charge is -2.25. The van der Waals surface area contributed by atoms with Crippen molar-refractivity contribution in [3.05, 3.63) is 60.7 Å². The van der Waals surface area contributed by atoms with Crippen molar-refractivity contribution >= 4 is 28.3 Å². The van der Waals surface area contributed by atoms with Crippen molar-refractivity contribution in [2.75, 3.05) is 16.8 Å². The number of aromatic nitrogens is 2. The zero-order chi connectivity index (χ0) is 17.2. The highest BCUT2D eigenvalue weighted by Gasteiger charge is 2.32. The first-order valence-corrected chi connectivity index (χ1v) is 8.25. The molecule has 1 saturated heterocycles. The fourth-order valence-corrected chi connectivity index (χ4v) is 3.27. The van der Waals surface area contributed by atoms with E-state index in [0.717, 1.165) is 36.1 Å². The van der Waals surface area contributed by atoms with Gasteiger partial charge < -0.3 is 10.2 Å². The van der Waals surface area contributed by atoms with Gasteiger partial charge >= 0.3 is 0 Å². The number of hydrogen-bond donors (Lipinski definition) is 1. The molecular formula is C19H17FN4O. The van der Waals surface area contributed by atoms with E-state index >= 15 is 0 Å². The molecule has 2 aromatic carbocycles. The molecule has 1 aliphatic rings. The Morgan fingerprint density at radius 2 is 1.92 bits per heavy atom. The zero-order valence-corrected chi connectivity index (χ0v) is 13.5. The summed E-state index contributed by atoms with van der Waals surface area (Å²) in [6, 6.07) is 13.3. The fraction of sp³-hybridized carbons (Fsp3) is 0.211. The van der Waals surface area contributed by atoms with E-state index in [9.17, 15) is 9.18 Å². The number of amides is 1. The summed E-state index contributed by atoms with van der Waals surface area (Å²) in [4.78, 5) is 23.5. The second kappa shape index (κ2) is 6.47. The molecule has 126 valence electrons. The highest BCUT2D eigenvalue weighted by Crippen LogP contribution is 2.30. The van der Waals surface area contributed by atoms with Gasteiger partial charge in [0, 0.05) is 17.6 Å². The Kier molecular flexibility index (Phi) is 4.01. The van der Waals surface area contributed by atoms with E-state index < -0.39 is 0 Å². The molecule has 1 fully saturated rings. The van der Waals surface area contributed by atoms with Crippen LogP contribution in [0.1, 0.15) is 12.8 Å². The molecule has 0 radical (unpaired) electrons. The van der Waals surface area contributed by atoms with Gasteiger partial charge in [0.2, 0.25) is 5.91 Å². The average Bonchev–Trinajstić information content (AvgIpc) is 3.13. The molecular weight excluding hydrogens is 319 g/mol. The standard InChI is InChI=1S/C19H17FN4O/c20-13-7-9-14(10-8-13)23-19(25)17-6-3-11-24(17)18-15-4-1-2-5-16(15)21-12-22-18/h1-2,4-5,7-10,12,17H,3,6,11H2,(H,23,25). The Labute approximate surface area is 144 Å². The van der Waals surface area contributed by atoms with Crippen LogP contribution in [0, 0.1) is 5.82 Å². The second-order valence-corrected chi connectivity index (χ2v) is 6.06. The first-order chi connectivity index (χ1) is 12.2. The molecule has 0 aliphatic carbocycles. The Balaban J connectivity index is 1.61. The molecule has 1 aromatic heterocycles. The van der Waals surface area contributed by atoms with Crippen LogP contribution >= 0.6 is 0 Å². The van der Waals surface area contributed by atoms with Gasteiger partial charge in [-0.1, -0.05) is 12.1 Å². The maximum atomic E-state index is 13.0. The molecule has 2 heterocycles. The third kappa shape index (κ3) is 3.03. The van der Waals surface area contributed by atoms with Crippen molar-refractivity contribution in [2.45, 2.75) is 18.9 Å². The minimum Gasteiger partial charge on any atom is -0.344 e. The molecule has 0 bridgehead atoms. The number of fused-ring (bicyclic) bond motifs is 1. The van der Waals surface area contributed by atoms with Crippen LogP contribution in [0.15, 0.2) is 54.9 Å². The Bertz CT molecular complexity index is 907. The minimum atomic E-state index is -0.326. The smallest absolute Gasteiger partial charge is 0.247 e. The van der Waals surface area contributed by atoms with E-state index in [1.165, 1.54) is 18.5 Å². The number of anilines is 2. The molecule has 1 N–H and O–H groups in total. The topological polar surface area (TPSA) is 58.1 Å². The summed E-state index contributed by atoms with van der Waals surface area (Å²) in [5, 5.41) is 3.80. The van der Waals surface area contributed by atoms with Gasteiger partial charge in [0.1, 0.15) is 24.0 Å². The minimum absolute atomic E-state index is 0.105. The monoisotopic (exact) mass is 336 g/mol. The highest BCUT2D eigenvalue weighted by atomic mass is 19.1. The van der Waals surface area contributed by atoms with E-state index in [4.69, 9.17) is 0 Å². The Morgan fingerprint density at radius 3 is 2.76 bits per heavy atom. The summed E-state index contributed by atoms with van der Waals surface area (Å²) in [5.74, 6) is 0.349. The Hall–Kier alpha value is -3.02. The van der Waals surface area contributed by atoms with Gasteiger partial charge in [-0.05, 0) is 49.2 Å². The quantitative estimate of drug-likeness (QED) is 0.797. The zero-order valence-electron chi connectivity index (χ0n) is 13.5. The van der Waals surface area contributed by atoms with Gasteiger partial charge in [0.05, 0.1) is 5.52 Å². The summed E-state index contributed by atoms with van der Waals surface area (Å²) >= 11 is 0. The highest BCUT2D eigenvalue weighted by molar-refractivity contribution is 5.99. The van der Waals surface area contributed by atoms with E-state index in [1.54, 1.807) is 12.1 Å². The summed E-state index contributed by atoms with van der Waals surface area (Å²) in [6.45, 7) is 0.766. The number of benzene rings is 2. The molecule has 25 heavy (non-hydrogen) atoms. The number of rotatable bonds is 3. The predicted molar refractivity (Wildman–Crippen MR) is 94.9 cm³/mol. The van der Waals surface area contributed by atoms with Gasteiger partial charge in [-0.25, -0.2) is 14.4 Å². The first-order valence-electron chi connectivity index (χ1n) is 8.25. The van der Waals surface area contributed by atoms with Crippen molar-refractivity contribution in [1.82, 2.24) is 9.97 Å². The summed E-state index contributed by atoms with van der Waals surface area (Å²) in [7, 11) is 0. The van der Waals surface area contributed by atoms with Crippen LogP contribution in [0.2, 0.25) is 0 Å². The van der Waals surface area contributed by atoms with E-state index in [-0.39, 0.29) is 17.8 Å². The van der Waals surface area contributed by atoms with E-state index in [2.05, 4.69) is 15.3 Å². The van der Waals surface area contributed by atoms with Crippen molar-refractivity contribution in [3.8, 4) is 0 Å². The van der Waals surface area contributed by atoms with Crippen LogP contribution in [-0.2, 0) is 4.79 Å². The SMILES string of the molecule is O=C(Nc1ccc(F)cc1)C1CCCN1c1ncnc2ccccc12. The van der Waals surface area contributed by atoms with Gasteiger partial charge in [0.15, 0.2) is 0 Å². The Morgan fingerprint density at radius 1 is 1.12 bits per heavy atom. The number of hydrogen-bond acceptors (Lipinski definition) is 4. The maximum Gasteiger partial charge on any atom is 0.247 e. The number of halogens is 1. The number of nitrogens with one attached hydrogen (secondary N) is 1. The first kappa shape index (κ1) is 15.5. The second-order valence-electron chi connectivity index (χ2n) is 6.06. The maximum absolute atomic E-state index is 13.0. The molecule has 1 atom stereocenters. The lowest BCUT2D eigenvalue weighted by Crippen LogP contribution is -2.40. The molecule has 0 spiro atoms. The lowest BCUT2D eigenvalue weighted by atomic mass is 10.1. The molecule has 5 nitrogen and oxygen atoms in total. The lowest BCUT2D eigenvalue weighted by molar-refractivity contribution is -0.117. The van der Waals surface area contributed by atoms with Gasteiger partial charge in [-0.15, -0.1) is 0 Å². The average molecular weight is 336 g/mol. The number of carbonyl (C=O) groups is 1. The third-order valence-electron chi connectivity index (χ3n) is 4.46. The normalized spacial score (nSPS) is 17.0. The van der Waals surface area contributed by atoms with Crippen LogP contribution in [0.4, 0.5) is 15.9 Å². The molecule has 4 rings (SSSR count). The van der Waals surface area contributed by atoms with Crippen LogP contribution in [-0.4, -0.2) is 28.5 Å². The van der Waals surface area contributed by atoms with Crippen molar-refractivity contribution < 1.29 is 9.18 Å². The van der Waals surface area contributed by atoms with E-state index in [1.807, 2.05) is 29.2 Å². The molecule has 3 aromatic rings. The van der Waals surface area contributed by atoms with Crippen molar-refractivity contribution in [3.63, 3.8) is 0 Å². The van der Waals surface area contributed by atoms with Crippen LogP contribution < -0.4 is 10.2 Å². The predicted octanol–water partition coefficient (Wildman–Crippen LogP) is 3.38. The van der Waals surface area contributed by atoms with Crippen molar-refractivity contribution in [1.29, 1.82) is 0 Å². The number of para-hydroxylation sites is 1. The number of carbonyl (C=O) groups excluding carboxylic acids is 1. The molecule has 6 heteroatoms. The summed E-state index contributed by atoms with van der Waals surface area (Å²) in [5.41, 5.74) is 1.45. The largest absolute Gasteiger partial charge is 0.344 e. The number of nitrogens with zero attached hydrogens (tertiary/aromatic N) is 3. The summed E-state index contributed by atoms with van der Waals surface area (Å²) in [6.07, 6.45) is 3.20. The summed E-state index contributed by atoms with van der Waals surface area (Å²) < 4.78 is 13.0. The van der Waals surface area contributed by atoms with Crippen molar-refractivity contribution in [2.24, 2.45) is 0 Å². The molecule has 1 amide bonds.